The third-order valence-electron chi connectivity index (χ3n) is 8.56. The first-order valence-electron chi connectivity index (χ1n) is 20.4. The van der Waals surface area contributed by atoms with Crippen molar-refractivity contribution >= 4 is 47.1 Å². The lowest BCUT2D eigenvalue weighted by molar-refractivity contribution is 0.172. The molecule has 0 amide bonds. The van der Waals surface area contributed by atoms with E-state index in [-0.39, 0.29) is 42.8 Å². The van der Waals surface area contributed by atoms with Crippen molar-refractivity contribution in [2.45, 2.75) is 59.8 Å². The van der Waals surface area contributed by atoms with Crippen LogP contribution in [0.1, 0.15) is 56.9 Å². The van der Waals surface area contributed by atoms with Gasteiger partial charge in [-0.3, -0.25) is 0 Å². The van der Waals surface area contributed by atoms with Gasteiger partial charge in [0.25, 0.3) is 0 Å². The minimum Gasteiger partial charge on any atom is -0.488 e. The molecule has 0 saturated carbocycles. The molecule has 4 aromatic heterocycles. The van der Waals surface area contributed by atoms with E-state index >= 15 is 0 Å². The highest BCUT2D eigenvalue weighted by Gasteiger charge is 2.14. The molecule has 0 unspecified atom stereocenters. The zero-order valence-electron chi connectivity index (χ0n) is 37.5. The number of ether oxygens (including phenoxy) is 3. The molecule has 0 aliphatic heterocycles. The standard InChI is InChI=1S/2C12H14N4.C10H18N4O2.C8H14N4O2.CH4O/c2*1-2-9-10(8-6-4-3-5-7-8)11(13)16-12(14)15-9;1-3-7-8(16-6-4-5-15-2)9(11)14-10(12)13-7;1-2-5-6(14-4-3-13)7(9)12-8(10)11-5;1-2/h2*3-7H,2H2,1H3,(H4,13,14,15,16);3-6H2,1-2H3,(H4,11,12,13,14);13H,2-4H2,1H3,(H4,9,10,11,12);2H,1H3. The van der Waals surface area contributed by atoms with Crippen LogP contribution in [0.3, 0.4) is 0 Å². The van der Waals surface area contributed by atoms with Gasteiger partial charge in [0, 0.05) is 38.4 Å². The second-order valence-electron chi connectivity index (χ2n) is 13.0. The second-order valence-corrected chi connectivity index (χ2v) is 13.0. The summed E-state index contributed by atoms with van der Waals surface area (Å²) in [5, 5.41) is 15.6. The lowest BCUT2D eigenvalue weighted by atomic mass is 10.0. The highest BCUT2D eigenvalue weighted by atomic mass is 16.5. The zero-order valence-corrected chi connectivity index (χ0v) is 37.5. The molecule has 0 spiro atoms. The fourth-order valence-electron chi connectivity index (χ4n) is 5.83. The number of rotatable bonds is 14. The molecule has 2 aromatic carbocycles. The van der Waals surface area contributed by atoms with Crippen molar-refractivity contribution in [3.8, 4) is 33.8 Å². The molecule has 6 rings (SSSR count). The predicted octanol–water partition coefficient (Wildman–Crippen LogP) is 3.54. The molecule has 0 bridgehead atoms. The van der Waals surface area contributed by atoms with Gasteiger partial charge in [0.1, 0.15) is 18.2 Å². The van der Waals surface area contributed by atoms with E-state index in [9.17, 15) is 0 Å². The molecule has 18 N–H and O–H groups in total. The molecule has 0 saturated heterocycles. The Morgan fingerprint density at radius 1 is 0.438 bits per heavy atom. The normalized spacial score (nSPS) is 10.1. The number of hydrogen-bond acceptors (Lipinski definition) is 21. The molecule has 0 aliphatic carbocycles. The van der Waals surface area contributed by atoms with Crippen molar-refractivity contribution in [3.63, 3.8) is 0 Å². The smallest absolute Gasteiger partial charge is 0.222 e. The van der Waals surface area contributed by atoms with Crippen LogP contribution in [0, 0.1) is 0 Å². The Morgan fingerprint density at radius 3 is 1.09 bits per heavy atom. The molecule has 0 atom stereocenters. The van der Waals surface area contributed by atoms with E-state index in [0.717, 1.165) is 65.7 Å². The van der Waals surface area contributed by atoms with Gasteiger partial charge < -0.3 is 70.3 Å². The van der Waals surface area contributed by atoms with E-state index in [1.54, 1.807) is 7.11 Å². The molecule has 21 heteroatoms. The Hall–Kier alpha value is -7.36. The van der Waals surface area contributed by atoms with Crippen LogP contribution in [0.25, 0.3) is 22.3 Å². The van der Waals surface area contributed by atoms with Gasteiger partial charge in [-0.05, 0) is 36.8 Å². The quantitative estimate of drug-likeness (QED) is 0.0699. The van der Waals surface area contributed by atoms with E-state index in [4.69, 9.17) is 70.3 Å². The summed E-state index contributed by atoms with van der Waals surface area (Å²) in [6.07, 6.45) is 3.71. The van der Waals surface area contributed by atoms with Gasteiger partial charge in [0.2, 0.25) is 23.8 Å². The number of aliphatic hydroxyl groups excluding tert-OH is 2. The van der Waals surface area contributed by atoms with Gasteiger partial charge >= 0.3 is 0 Å². The first-order chi connectivity index (χ1) is 30.8. The molecule has 4 heterocycles. The van der Waals surface area contributed by atoms with E-state index in [1.807, 2.05) is 88.4 Å². The monoisotopic (exact) mass is 885 g/mol. The van der Waals surface area contributed by atoms with E-state index in [1.165, 1.54) is 0 Å². The maximum atomic E-state index is 8.61. The van der Waals surface area contributed by atoms with Crippen LogP contribution in [-0.2, 0) is 30.4 Å². The summed E-state index contributed by atoms with van der Waals surface area (Å²) in [7, 11) is 2.65. The number of aliphatic hydroxyl groups is 2. The third kappa shape index (κ3) is 16.2. The summed E-state index contributed by atoms with van der Waals surface area (Å²) < 4.78 is 15.7. The molecule has 0 fully saturated rings. The maximum Gasteiger partial charge on any atom is 0.222 e. The van der Waals surface area contributed by atoms with Crippen molar-refractivity contribution in [2.75, 3.05) is 86.5 Å². The summed E-state index contributed by atoms with van der Waals surface area (Å²) in [5.41, 5.74) is 52.2. The van der Waals surface area contributed by atoms with Gasteiger partial charge in [-0.2, -0.15) is 19.9 Å². The van der Waals surface area contributed by atoms with Gasteiger partial charge in [-0.25, -0.2) is 19.9 Å². The number of anilines is 8. The van der Waals surface area contributed by atoms with Crippen molar-refractivity contribution < 1.29 is 24.4 Å². The third-order valence-corrected chi connectivity index (χ3v) is 8.56. The highest BCUT2D eigenvalue weighted by Crippen LogP contribution is 2.30. The highest BCUT2D eigenvalue weighted by molar-refractivity contribution is 5.77. The van der Waals surface area contributed by atoms with E-state index < -0.39 is 0 Å². The zero-order chi connectivity index (χ0) is 47.6. The van der Waals surface area contributed by atoms with Crippen LogP contribution in [0.2, 0.25) is 0 Å². The average molecular weight is 885 g/mol. The van der Waals surface area contributed by atoms with Crippen molar-refractivity contribution in [2.24, 2.45) is 0 Å². The van der Waals surface area contributed by atoms with Crippen LogP contribution in [0.4, 0.5) is 47.1 Å². The Kier molecular flexibility index (Phi) is 23.3. The van der Waals surface area contributed by atoms with E-state index in [2.05, 4.69) is 39.9 Å². The van der Waals surface area contributed by atoms with Crippen LogP contribution in [0.5, 0.6) is 11.5 Å². The molecular weight excluding hydrogens is 821 g/mol. The van der Waals surface area contributed by atoms with Crippen molar-refractivity contribution in [1.82, 2.24) is 39.9 Å². The number of nitrogens with two attached hydrogens (primary N) is 8. The summed E-state index contributed by atoms with van der Waals surface area (Å²) in [6, 6.07) is 19.7. The fraction of sp³-hybridized carbons (Fsp3) is 0.349. The first-order valence-corrected chi connectivity index (χ1v) is 20.4. The molecule has 346 valence electrons. The lowest BCUT2D eigenvalue weighted by Crippen LogP contribution is -2.10. The maximum absolute atomic E-state index is 8.61. The number of methoxy groups -OCH3 is 1. The van der Waals surface area contributed by atoms with Crippen LogP contribution < -0.4 is 55.3 Å². The molecule has 64 heavy (non-hydrogen) atoms. The topological polar surface area (TPSA) is 379 Å². The summed E-state index contributed by atoms with van der Waals surface area (Å²) >= 11 is 0. The Morgan fingerprint density at radius 2 is 0.766 bits per heavy atom. The summed E-state index contributed by atoms with van der Waals surface area (Å²) in [5.74, 6) is 3.11. The van der Waals surface area contributed by atoms with Crippen LogP contribution in [0.15, 0.2) is 60.7 Å². The van der Waals surface area contributed by atoms with Gasteiger partial charge in [-0.15, -0.1) is 0 Å². The molecule has 0 radical (unpaired) electrons. The fourth-order valence-corrected chi connectivity index (χ4v) is 5.83. The first kappa shape index (κ1) is 52.8. The van der Waals surface area contributed by atoms with Crippen LogP contribution in [-0.4, -0.2) is 90.7 Å². The molecule has 21 nitrogen and oxygen atoms in total. The predicted molar refractivity (Wildman–Crippen MR) is 255 cm³/mol. The summed E-state index contributed by atoms with van der Waals surface area (Å²) in [4.78, 5) is 32.1. The lowest BCUT2D eigenvalue weighted by Gasteiger charge is -2.11. The Balaban J connectivity index is 0.000000290. The minimum absolute atomic E-state index is 0.0764. The average Bonchev–Trinajstić information content (AvgIpc) is 3.29. The number of aryl methyl sites for hydroxylation is 4. The van der Waals surface area contributed by atoms with Crippen molar-refractivity contribution in [3.05, 3.63) is 83.4 Å². The summed E-state index contributed by atoms with van der Waals surface area (Å²) in [6.45, 7) is 9.19. The molecule has 6 aromatic rings. The molecule has 0 aliphatic rings. The Bertz CT molecular complexity index is 2200. The second kappa shape index (κ2) is 28.3. The minimum atomic E-state index is -0.0764. The van der Waals surface area contributed by atoms with Gasteiger partial charge in [0.05, 0.1) is 36.0 Å². The van der Waals surface area contributed by atoms with Crippen molar-refractivity contribution in [1.29, 1.82) is 0 Å². The van der Waals surface area contributed by atoms with Gasteiger partial charge in [-0.1, -0.05) is 88.4 Å². The number of nitrogens with zero attached hydrogens (tertiary/aromatic N) is 8. The SMILES string of the molecule is CCc1nc(N)nc(N)c1-c1ccccc1.CCc1nc(N)nc(N)c1-c1ccccc1.CCc1nc(N)nc(N)c1OCCCOC.CCc1nc(N)nc(N)c1OCCO.CO. The largest absolute Gasteiger partial charge is 0.488 e. The number of benzene rings is 2. The van der Waals surface area contributed by atoms with Gasteiger partial charge in [0.15, 0.2) is 23.1 Å². The van der Waals surface area contributed by atoms with Crippen LogP contribution >= 0.6 is 0 Å². The molecular formula is C43H64N16O5. The Labute approximate surface area is 374 Å². The number of hydrogen-bond donors (Lipinski definition) is 10. The number of aromatic nitrogens is 8. The van der Waals surface area contributed by atoms with E-state index in [0.29, 0.717) is 60.7 Å². The number of nitrogen functional groups attached to an aromatic ring is 8.